The topological polar surface area (TPSA) is 65.9 Å². The van der Waals surface area contributed by atoms with Gasteiger partial charge in [-0.25, -0.2) is 4.99 Å². The van der Waals surface area contributed by atoms with E-state index in [2.05, 4.69) is 55.7 Å². The van der Waals surface area contributed by atoms with Crippen LogP contribution in [-0.4, -0.2) is 36.9 Å². The van der Waals surface area contributed by atoms with Crippen LogP contribution in [-0.2, 0) is 17.9 Å². The lowest BCUT2D eigenvalue weighted by atomic mass is 9.94. The van der Waals surface area contributed by atoms with Crippen molar-refractivity contribution < 1.29 is 9.84 Å². The molecule has 0 aliphatic carbocycles. The Morgan fingerprint density at radius 2 is 1.74 bits per heavy atom. The molecule has 0 saturated heterocycles. The maximum Gasteiger partial charge on any atom is 0.191 e. The van der Waals surface area contributed by atoms with Crippen molar-refractivity contribution in [2.24, 2.45) is 16.8 Å². The summed E-state index contributed by atoms with van der Waals surface area (Å²) in [7, 11) is 0. The van der Waals surface area contributed by atoms with Crippen LogP contribution in [0.3, 0.4) is 0 Å². The summed E-state index contributed by atoms with van der Waals surface area (Å²) >= 11 is 0. The number of nitrogens with one attached hydrogen (secondary N) is 2. The van der Waals surface area contributed by atoms with Crippen molar-refractivity contribution in [1.82, 2.24) is 10.6 Å². The van der Waals surface area contributed by atoms with E-state index in [1.807, 2.05) is 13.8 Å². The van der Waals surface area contributed by atoms with Gasteiger partial charge in [0.15, 0.2) is 5.96 Å². The summed E-state index contributed by atoms with van der Waals surface area (Å²) in [6.07, 6.45) is 2.17. The molecule has 1 aromatic carbocycles. The van der Waals surface area contributed by atoms with E-state index in [0.717, 1.165) is 31.9 Å². The number of hydrogen-bond acceptors (Lipinski definition) is 3. The zero-order valence-electron chi connectivity index (χ0n) is 17.8. The fourth-order valence-corrected chi connectivity index (χ4v) is 2.91. The van der Waals surface area contributed by atoms with Crippen LogP contribution >= 0.6 is 0 Å². The first-order valence-corrected chi connectivity index (χ1v) is 10.3. The Morgan fingerprint density at radius 1 is 1.07 bits per heavy atom. The van der Waals surface area contributed by atoms with Gasteiger partial charge in [0.05, 0.1) is 19.3 Å². The monoisotopic (exact) mass is 377 g/mol. The lowest BCUT2D eigenvalue weighted by molar-refractivity contribution is 0.0657. The molecule has 1 unspecified atom stereocenters. The van der Waals surface area contributed by atoms with E-state index in [9.17, 15) is 5.11 Å². The van der Waals surface area contributed by atoms with Crippen LogP contribution in [0, 0.1) is 11.8 Å². The Morgan fingerprint density at radius 3 is 2.30 bits per heavy atom. The zero-order valence-corrected chi connectivity index (χ0v) is 17.8. The van der Waals surface area contributed by atoms with Gasteiger partial charge in [-0.2, -0.15) is 0 Å². The molecule has 0 saturated carbocycles. The largest absolute Gasteiger partial charge is 0.396 e. The number of rotatable bonds is 12. The van der Waals surface area contributed by atoms with Crippen LogP contribution in [0.4, 0.5) is 0 Å². The summed E-state index contributed by atoms with van der Waals surface area (Å²) in [6, 6.07) is 8.43. The predicted octanol–water partition coefficient (Wildman–Crippen LogP) is 3.71. The highest BCUT2D eigenvalue weighted by Gasteiger charge is 2.11. The average molecular weight is 378 g/mol. The van der Waals surface area contributed by atoms with Crippen LogP contribution in [0.1, 0.15) is 58.6 Å². The quantitative estimate of drug-likeness (QED) is 0.384. The number of nitrogens with zero attached hydrogens (tertiary/aromatic N) is 1. The highest BCUT2D eigenvalue weighted by Crippen LogP contribution is 2.14. The molecule has 0 aromatic heterocycles. The molecule has 27 heavy (non-hydrogen) atoms. The Hall–Kier alpha value is -1.59. The summed E-state index contributed by atoms with van der Waals surface area (Å²) in [5.74, 6) is 1.91. The molecule has 5 nitrogen and oxygen atoms in total. The first-order valence-electron chi connectivity index (χ1n) is 10.3. The number of guanidine groups is 1. The molecule has 5 heteroatoms. The van der Waals surface area contributed by atoms with Crippen molar-refractivity contribution in [1.29, 1.82) is 0 Å². The van der Waals surface area contributed by atoms with Crippen molar-refractivity contribution in [2.75, 3.05) is 19.7 Å². The van der Waals surface area contributed by atoms with Gasteiger partial charge in [-0.3, -0.25) is 0 Å². The molecule has 0 spiro atoms. The molecule has 3 N–H and O–H groups in total. The molecule has 0 fully saturated rings. The van der Waals surface area contributed by atoms with Gasteiger partial charge < -0.3 is 20.5 Å². The predicted molar refractivity (Wildman–Crippen MR) is 114 cm³/mol. The molecule has 154 valence electrons. The number of hydrogen-bond donors (Lipinski definition) is 3. The summed E-state index contributed by atoms with van der Waals surface area (Å²) in [6.45, 7) is 13.8. The molecule has 1 rings (SSSR count). The van der Waals surface area contributed by atoms with Crippen LogP contribution in [0.2, 0.25) is 0 Å². The Balaban J connectivity index is 2.59. The molecule has 0 aliphatic rings. The van der Waals surface area contributed by atoms with Crippen LogP contribution in [0.25, 0.3) is 0 Å². The van der Waals surface area contributed by atoms with Gasteiger partial charge in [-0.1, -0.05) is 38.1 Å². The third-order valence-electron chi connectivity index (χ3n) is 4.27. The standard InChI is InChI=1S/C22H39N3O2/c1-6-23-22(25-15-21(11-12-26)13-17(2)3)24-14-19-7-9-20(10-8-19)16-27-18(4)5/h7-10,17-18,21,26H,6,11-16H2,1-5H3,(H2,23,24,25). The number of ether oxygens (including phenoxy) is 1. The minimum absolute atomic E-state index is 0.236. The van der Waals surface area contributed by atoms with Crippen LogP contribution in [0.5, 0.6) is 0 Å². The summed E-state index contributed by atoms with van der Waals surface area (Å²) in [5.41, 5.74) is 2.36. The van der Waals surface area contributed by atoms with E-state index in [4.69, 9.17) is 9.73 Å². The van der Waals surface area contributed by atoms with Gasteiger partial charge in [-0.05, 0) is 56.6 Å². The van der Waals surface area contributed by atoms with Crippen molar-refractivity contribution in [3.8, 4) is 0 Å². The average Bonchev–Trinajstić information content (AvgIpc) is 2.62. The van der Waals surface area contributed by atoms with Crippen molar-refractivity contribution >= 4 is 5.96 Å². The van der Waals surface area contributed by atoms with Gasteiger partial charge in [0.25, 0.3) is 0 Å². The maximum absolute atomic E-state index is 9.28. The van der Waals surface area contributed by atoms with E-state index in [1.165, 1.54) is 11.1 Å². The second-order valence-corrected chi connectivity index (χ2v) is 7.76. The molecular weight excluding hydrogens is 338 g/mol. The molecule has 0 amide bonds. The van der Waals surface area contributed by atoms with Crippen LogP contribution < -0.4 is 10.6 Å². The number of benzene rings is 1. The molecule has 1 atom stereocenters. The maximum atomic E-state index is 9.28. The van der Waals surface area contributed by atoms with Gasteiger partial charge in [0, 0.05) is 19.7 Å². The molecular formula is C22H39N3O2. The van der Waals surface area contributed by atoms with Crippen molar-refractivity contribution in [2.45, 2.75) is 66.7 Å². The highest BCUT2D eigenvalue weighted by atomic mass is 16.5. The zero-order chi connectivity index (χ0) is 20.1. The molecule has 0 bridgehead atoms. The molecule has 0 heterocycles. The van der Waals surface area contributed by atoms with Crippen molar-refractivity contribution in [3.05, 3.63) is 35.4 Å². The van der Waals surface area contributed by atoms with Gasteiger partial charge in [-0.15, -0.1) is 0 Å². The second kappa shape index (κ2) is 13.6. The van der Waals surface area contributed by atoms with E-state index in [1.54, 1.807) is 0 Å². The minimum atomic E-state index is 0.236. The summed E-state index contributed by atoms with van der Waals surface area (Å²) < 4.78 is 5.63. The summed E-state index contributed by atoms with van der Waals surface area (Å²) in [4.78, 5) is 4.70. The lowest BCUT2D eigenvalue weighted by Crippen LogP contribution is -2.40. The Kier molecular flexibility index (Phi) is 11.8. The third kappa shape index (κ3) is 11.0. The van der Waals surface area contributed by atoms with Gasteiger partial charge in [0.2, 0.25) is 0 Å². The molecule has 0 aliphatic heterocycles. The Bertz CT molecular complexity index is 527. The number of aliphatic hydroxyl groups is 1. The van der Waals surface area contributed by atoms with E-state index >= 15 is 0 Å². The number of aliphatic imine (C=N–C) groups is 1. The first-order chi connectivity index (χ1) is 12.9. The SMILES string of the molecule is CCNC(=NCc1ccc(COC(C)C)cc1)NCC(CCO)CC(C)C. The smallest absolute Gasteiger partial charge is 0.191 e. The normalized spacial score (nSPS) is 13.3. The van der Waals surface area contributed by atoms with E-state index in [0.29, 0.717) is 25.0 Å². The first kappa shape index (κ1) is 23.4. The van der Waals surface area contributed by atoms with E-state index in [-0.39, 0.29) is 12.7 Å². The fraction of sp³-hybridized carbons (Fsp3) is 0.682. The van der Waals surface area contributed by atoms with Crippen LogP contribution in [0.15, 0.2) is 29.3 Å². The lowest BCUT2D eigenvalue weighted by Gasteiger charge is -2.20. The third-order valence-corrected chi connectivity index (χ3v) is 4.27. The fourth-order valence-electron chi connectivity index (χ4n) is 2.91. The van der Waals surface area contributed by atoms with E-state index < -0.39 is 0 Å². The minimum Gasteiger partial charge on any atom is -0.396 e. The number of aliphatic hydroxyl groups excluding tert-OH is 1. The molecule has 0 radical (unpaired) electrons. The van der Waals surface area contributed by atoms with Crippen molar-refractivity contribution in [3.63, 3.8) is 0 Å². The highest BCUT2D eigenvalue weighted by molar-refractivity contribution is 5.79. The second-order valence-electron chi connectivity index (χ2n) is 7.76. The Labute approximate surface area is 165 Å². The summed E-state index contributed by atoms with van der Waals surface area (Å²) in [5, 5.41) is 16.0. The van der Waals surface area contributed by atoms with Gasteiger partial charge in [0.1, 0.15) is 0 Å². The van der Waals surface area contributed by atoms with Gasteiger partial charge >= 0.3 is 0 Å². The molecule has 1 aromatic rings.